The minimum atomic E-state index is -3.59. The summed E-state index contributed by atoms with van der Waals surface area (Å²) in [5.41, 5.74) is 3.61. The van der Waals surface area contributed by atoms with Crippen LogP contribution in [0.15, 0.2) is 28.5 Å². The lowest BCUT2D eigenvalue weighted by molar-refractivity contribution is -0.126. The lowest BCUT2D eigenvalue weighted by atomic mass is 9.97. The van der Waals surface area contributed by atoms with Crippen molar-refractivity contribution in [3.05, 3.63) is 50.7 Å². The molecule has 1 aliphatic heterocycles. The maximum atomic E-state index is 13.5. The largest absolute Gasteiger partial charge is 0.354 e. The van der Waals surface area contributed by atoms with Crippen molar-refractivity contribution in [2.45, 2.75) is 51.5 Å². The van der Waals surface area contributed by atoms with E-state index < -0.39 is 10.0 Å². The van der Waals surface area contributed by atoms with Gasteiger partial charge in [0.25, 0.3) is 0 Å². The second kappa shape index (κ2) is 10.0. The molecule has 0 radical (unpaired) electrons. The Balaban J connectivity index is 1.64. The number of hydrogen-bond acceptors (Lipinski definition) is 5. The van der Waals surface area contributed by atoms with Crippen LogP contribution in [0, 0.1) is 33.6 Å². The van der Waals surface area contributed by atoms with Crippen molar-refractivity contribution < 1.29 is 13.2 Å². The molecule has 1 aromatic heterocycles. The third-order valence-electron chi connectivity index (χ3n) is 6.68. The van der Waals surface area contributed by atoms with Crippen LogP contribution in [0.1, 0.15) is 46.0 Å². The molecule has 1 amide bonds. The number of thiophene rings is 1. The predicted octanol–water partition coefficient (Wildman–Crippen LogP) is 3.80. The molecule has 1 N–H and O–H groups in total. The van der Waals surface area contributed by atoms with Gasteiger partial charge in [-0.3, -0.25) is 4.79 Å². The molecule has 176 valence electrons. The molecule has 8 heteroatoms. The first kappa shape index (κ1) is 24.9. The molecule has 0 bridgehead atoms. The van der Waals surface area contributed by atoms with Crippen molar-refractivity contribution in [1.29, 1.82) is 0 Å². The Morgan fingerprint density at radius 2 is 1.75 bits per heavy atom. The molecule has 1 atom stereocenters. The number of aryl methyl sites for hydroxylation is 2. The zero-order valence-corrected chi connectivity index (χ0v) is 21.6. The van der Waals surface area contributed by atoms with Crippen LogP contribution in [-0.4, -0.2) is 57.3 Å². The second-order valence-corrected chi connectivity index (χ2v) is 11.9. The van der Waals surface area contributed by atoms with Gasteiger partial charge in [0.05, 0.1) is 10.9 Å². The average Bonchev–Trinajstić information content (AvgIpc) is 3.26. The summed E-state index contributed by atoms with van der Waals surface area (Å²) in [5.74, 6) is -0.141. The number of nitrogens with zero attached hydrogens (tertiary/aromatic N) is 2. The molecule has 0 saturated carbocycles. The van der Waals surface area contributed by atoms with Gasteiger partial charge in [0.1, 0.15) is 0 Å². The van der Waals surface area contributed by atoms with Gasteiger partial charge in [-0.05, 0) is 88.3 Å². The van der Waals surface area contributed by atoms with Crippen molar-refractivity contribution in [1.82, 2.24) is 14.5 Å². The molecule has 1 saturated heterocycles. The summed E-state index contributed by atoms with van der Waals surface area (Å²) in [6.45, 7) is 8.95. The normalized spacial score (nSPS) is 17.0. The summed E-state index contributed by atoms with van der Waals surface area (Å²) in [6, 6.07) is 6.28. The van der Waals surface area contributed by atoms with Crippen molar-refractivity contribution in [3.8, 4) is 0 Å². The standard InChI is InChI=1S/C24H35N3O3S2/c1-16-14-17(2)19(4)23(18(16)3)32(29,30)27-11-9-20(10-12-27)24(28)25-15-21(26(5)6)22-8-7-13-31-22/h7-8,13-14,20-21H,9-12,15H2,1-6H3,(H,25,28)/t21-/m0/s1. The van der Waals surface area contributed by atoms with E-state index in [4.69, 9.17) is 0 Å². The summed E-state index contributed by atoms with van der Waals surface area (Å²) in [7, 11) is 0.434. The fourth-order valence-electron chi connectivity index (χ4n) is 4.42. The minimum Gasteiger partial charge on any atom is -0.354 e. The maximum absolute atomic E-state index is 13.5. The summed E-state index contributed by atoms with van der Waals surface area (Å²) in [4.78, 5) is 16.6. The van der Waals surface area contributed by atoms with Crippen LogP contribution in [0.2, 0.25) is 0 Å². The quantitative estimate of drug-likeness (QED) is 0.659. The number of rotatable bonds is 7. The molecule has 6 nitrogen and oxygen atoms in total. The van der Waals surface area contributed by atoms with Gasteiger partial charge in [0.15, 0.2) is 0 Å². The number of amides is 1. The molecule has 0 unspecified atom stereocenters. The number of nitrogens with one attached hydrogen (secondary N) is 1. The van der Waals surface area contributed by atoms with E-state index in [-0.39, 0.29) is 17.9 Å². The molecule has 0 spiro atoms. The van der Waals surface area contributed by atoms with E-state index in [1.807, 2.05) is 59.3 Å². The Morgan fingerprint density at radius 1 is 1.16 bits per heavy atom. The van der Waals surface area contributed by atoms with Gasteiger partial charge in [0, 0.05) is 30.4 Å². The number of carbonyl (C=O) groups is 1. The Kier molecular flexibility index (Phi) is 7.81. The highest BCUT2D eigenvalue weighted by Gasteiger charge is 2.34. The van der Waals surface area contributed by atoms with E-state index in [9.17, 15) is 13.2 Å². The number of likely N-dealkylation sites (N-methyl/N-ethyl adjacent to an activating group) is 1. The first-order valence-electron chi connectivity index (χ1n) is 11.1. The van der Waals surface area contributed by atoms with E-state index in [2.05, 4.69) is 16.3 Å². The monoisotopic (exact) mass is 477 g/mol. The molecular weight excluding hydrogens is 442 g/mol. The lowest BCUT2D eigenvalue weighted by Gasteiger charge is -2.32. The van der Waals surface area contributed by atoms with E-state index in [1.165, 1.54) is 4.88 Å². The smallest absolute Gasteiger partial charge is 0.243 e. The predicted molar refractivity (Wildman–Crippen MR) is 131 cm³/mol. The zero-order valence-electron chi connectivity index (χ0n) is 19.9. The van der Waals surface area contributed by atoms with Crippen LogP contribution in [0.5, 0.6) is 0 Å². The fraction of sp³-hybridized carbons (Fsp3) is 0.542. The number of hydrogen-bond donors (Lipinski definition) is 1. The van der Waals surface area contributed by atoms with Crippen LogP contribution in [0.25, 0.3) is 0 Å². The SMILES string of the molecule is Cc1cc(C)c(C)c(S(=O)(=O)N2CCC(C(=O)NC[C@@H](c3cccs3)N(C)C)CC2)c1C. The Morgan fingerprint density at radius 3 is 2.25 bits per heavy atom. The van der Waals surface area contributed by atoms with Crippen molar-refractivity contribution >= 4 is 27.3 Å². The summed E-state index contributed by atoms with van der Waals surface area (Å²) < 4.78 is 28.5. The number of sulfonamides is 1. The number of piperidine rings is 1. The lowest BCUT2D eigenvalue weighted by Crippen LogP contribution is -2.44. The van der Waals surface area contributed by atoms with Gasteiger partial charge < -0.3 is 10.2 Å². The minimum absolute atomic E-state index is 0.0178. The highest BCUT2D eigenvalue weighted by Crippen LogP contribution is 2.31. The topological polar surface area (TPSA) is 69.7 Å². The molecule has 0 aliphatic carbocycles. The Hall–Kier alpha value is -1.74. The van der Waals surface area contributed by atoms with E-state index in [1.54, 1.807) is 15.6 Å². The summed E-state index contributed by atoms with van der Waals surface area (Å²) in [5, 5.41) is 5.14. The third kappa shape index (κ3) is 5.09. The first-order chi connectivity index (χ1) is 15.0. The van der Waals surface area contributed by atoms with Gasteiger partial charge in [-0.15, -0.1) is 11.3 Å². The third-order valence-corrected chi connectivity index (χ3v) is 9.83. The summed E-state index contributed by atoms with van der Waals surface area (Å²) in [6.07, 6.45) is 1.08. The maximum Gasteiger partial charge on any atom is 0.243 e. The molecule has 3 rings (SSSR count). The van der Waals surface area contributed by atoms with Crippen molar-refractivity contribution in [3.63, 3.8) is 0 Å². The first-order valence-corrected chi connectivity index (χ1v) is 13.4. The molecule has 1 aliphatic rings. The number of carbonyl (C=O) groups excluding carboxylic acids is 1. The second-order valence-electron chi connectivity index (χ2n) is 9.01. The van der Waals surface area contributed by atoms with Gasteiger partial charge in [-0.25, -0.2) is 8.42 Å². The van der Waals surface area contributed by atoms with Crippen molar-refractivity contribution in [2.75, 3.05) is 33.7 Å². The van der Waals surface area contributed by atoms with Gasteiger partial charge >= 0.3 is 0 Å². The average molecular weight is 478 g/mol. The molecule has 1 fully saturated rings. The van der Waals surface area contributed by atoms with E-state index in [0.717, 1.165) is 22.3 Å². The van der Waals surface area contributed by atoms with E-state index in [0.29, 0.717) is 37.4 Å². The molecule has 2 heterocycles. The van der Waals surface area contributed by atoms with Gasteiger partial charge in [-0.2, -0.15) is 4.31 Å². The van der Waals surface area contributed by atoms with Crippen molar-refractivity contribution in [2.24, 2.45) is 5.92 Å². The van der Waals surface area contributed by atoms with Crippen LogP contribution < -0.4 is 5.32 Å². The van der Waals surface area contributed by atoms with Gasteiger partial charge in [0.2, 0.25) is 15.9 Å². The van der Waals surface area contributed by atoms with E-state index >= 15 is 0 Å². The highest BCUT2D eigenvalue weighted by molar-refractivity contribution is 7.89. The molecule has 32 heavy (non-hydrogen) atoms. The van der Waals surface area contributed by atoms with Crippen LogP contribution in [0.3, 0.4) is 0 Å². The highest BCUT2D eigenvalue weighted by atomic mass is 32.2. The Bertz CT molecular complexity index is 1030. The number of benzene rings is 1. The molecule has 2 aromatic rings. The van der Waals surface area contributed by atoms with Gasteiger partial charge in [-0.1, -0.05) is 12.1 Å². The van der Waals surface area contributed by atoms with Crippen LogP contribution in [-0.2, 0) is 14.8 Å². The van der Waals surface area contributed by atoms with Crippen LogP contribution >= 0.6 is 11.3 Å². The summed E-state index contributed by atoms with van der Waals surface area (Å²) >= 11 is 1.69. The fourth-order valence-corrected chi connectivity index (χ4v) is 7.38. The van der Waals surface area contributed by atoms with Crippen LogP contribution in [0.4, 0.5) is 0 Å². The zero-order chi connectivity index (χ0) is 23.6. The Labute approximate surface area is 196 Å². The molecular formula is C24H35N3O3S2. The molecule has 1 aromatic carbocycles.